The second-order valence-electron chi connectivity index (χ2n) is 4.11. The Balaban J connectivity index is 2.46. The highest BCUT2D eigenvalue weighted by atomic mass is 79.9. The van der Waals surface area contributed by atoms with E-state index < -0.39 is 11.7 Å². The van der Waals surface area contributed by atoms with Crippen LogP contribution in [-0.2, 0) is 6.18 Å². The zero-order chi connectivity index (χ0) is 14.2. The average molecular weight is 334 g/mol. The van der Waals surface area contributed by atoms with Crippen molar-refractivity contribution < 1.29 is 13.2 Å². The topological polar surface area (TPSA) is 29.9 Å². The van der Waals surface area contributed by atoms with Gasteiger partial charge in [-0.1, -0.05) is 0 Å². The molecule has 2 aromatic heterocycles. The molecule has 102 valence electrons. The van der Waals surface area contributed by atoms with Gasteiger partial charge in [0, 0.05) is 22.1 Å². The molecule has 0 atom stereocenters. The van der Waals surface area contributed by atoms with Crippen molar-refractivity contribution in [1.29, 1.82) is 0 Å². The minimum Gasteiger partial charge on any atom is -0.277 e. The van der Waals surface area contributed by atoms with Gasteiger partial charge in [-0.15, -0.1) is 0 Å². The minimum atomic E-state index is -4.46. The lowest BCUT2D eigenvalue weighted by molar-refractivity contribution is -0.137. The molecule has 0 aliphatic carbocycles. The molecule has 1 N–H and O–H groups in total. The van der Waals surface area contributed by atoms with Crippen LogP contribution in [0.25, 0.3) is 0 Å². The van der Waals surface area contributed by atoms with Crippen LogP contribution in [0.3, 0.4) is 0 Å². The Morgan fingerprint density at radius 1 is 1.21 bits per heavy atom. The van der Waals surface area contributed by atoms with Gasteiger partial charge in [0.15, 0.2) is 5.82 Å². The first-order valence-electron chi connectivity index (χ1n) is 5.44. The number of nitrogens with zero attached hydrogens (tertiary/aromatic N) is 2. The Hall–Kier alpha value is -1.50. The summed E-state index contributed by atoms with van der Waals surface area (Å²) in [6, 6.07) is 4.63. The van der Waals surface area contributed by atoms with Gasteiger partial charge in [-0.2, -0.15) is 13.2 Å². The van der Waals surface area contributed by atoms with E-state index in [1.807, 2.05) is 12.1 Å². The van der Waals surface area contributed by atoms with Crippen molar-refractivity contribution >= 4 is 21.7 Å². The lowest BCUT2D eigenvalue weighted by atomic mass is 10.2. The van der Waals surface area contributed by atoms with E-state index in [2.05, 4.69) is 26.3 Å². The van der Waals surface area contributed by atoms with E-state index in [0.717, 1.165) is 17.5 Å². The van der Waals surface area contributed by atoms with Gasteiger partial charge in [0.1, 0.15) is 5.56 Å². The molecule has 2 heterocycles. The number of aromatic nitrogens is 2. The Morgan fingerprint density at radius 3 is 2.32 bits per heavy atom. The molecule has 0 saturated heterocycles. The molecule has 0 radical (unpaired) electrons. The van der Waals surface area contributed by atoms with E-state index in [1.165, 1.54) is 6.20 Å². The number of alkyl halides is 3. The summed E-state index contributed by atoms with van der Waals surface area (Å²) in [5, 5.41) is 0. The van der Waals surface area contributed by atoms with Gasteiger partial charge in [-0.25, -0.2) is 4.98 Å². The monoisotopic (exact) mass is 333 g/mol. The summed E-state index contributed by atoms with van der Waals surface area (Å²) in [6.45, 7) is 3.60. The van der Waals surface area contributed by atoms with Crippen molar-refractivity contribution in [2.75, 3.05) is 5.43 Å². The molecule has 0 aliphatic rings. The third-order valence-electron chi connectivity index (χ3n) is 2.65. The van der Waals surface area contributed by atoms with Gasteiger partial charge >= 0.3 is 6.18 Å². The maximum atomic E-state index is 12.9. The Morgan fingerprint density at radius 2 is 1.79 bits per heavy atom. The first kappa shape index (κ1) is 13.9. The molecule has 0 unspecified atom stereocenters. The van der Waals surface area contributed by atoms with Gasteiger partial charge in [0.2, 0.25) is 0 Å². The average Bonchev–Trinajstić information content (AvgIpc) is 2.61. The summed E-state index contributed by atoms with van der Waals surface area (Å²) in [5.41, 5.74) is 3.48. The number of nitrogens with one attached hydrogen (secondary N) is 1. The first-order chi connectivity index (χ1) is 8.79. The number of hydrogen-bond donors (Lipinski definition) is 1. The van der Waals surface area contributed by atoms with Crippen LogP contribution in [0, 0.1) is 13.8 Å². The largest absolute Gasteiger partial charge is 0.420 e. The Labute approximate surface area is 116 Å². The van der Waals surface area contributed by atoms with Gasteiger partial charge in [-0.3, -0.25) is 10.1 Å². The molecule has 0 saturated carbocycles. The predicted molar refractivity (Wildman–Crippen MR) is 69.9 cm³/mol. The quantitative estimate of drug-likeness (QED) is 0.894. The highest BCUT2D eigenvalue weighted by molar-refractivity contribution is 9.10. The minimum absolute atomic E-state index is 0.224. The third-order valence-corrected chi connectivity index (χ3v) is 3.08. The summed E-state index contributed by atoms with van der Waals surface area (Å²) in [5.74, 6) is -0.224. The van der Waals surface area contributed by atoms with E-state index in [0.29, 0.717) is 0 Å². The Kier molecular flexibility index (Phi) is 3.58. The highest BCUT2D eigenvalue weighted by Crippen LogP contribution is 2.35. The molecule has 0 amide bonds. The second-order valence-corrected chi connectivity index (χ2v) is 5.03. The van der Waals surface area contributed by atoms with Crippen molar-refractivity contribution in [3.8, 4) is 0 Å². The van der Waals surface area contributed by atoms with E-state index >= 15 is 0 Å². The van der Waals surface area contributed by atoms with Crippen molar-refractivity contribution in [3.63, 3.8) is 0 Å². The van der Waals surface area contributed by atoms with Crippen molar-refractivity contribution in [2.45, 2.75) is 20.0 Å². The number of pyridine rings is 1. The normalized spacial score (nSPS) is 11.7. The fourth-order valence-electron chi connectivity index (χ4n) is 1.70. The van der Waals surface area contributed by atoms with Crippen LogP contribution in [0.2, 0.25) is 0 Å². The predicted octanol–water partition coefficient (Wildman–Crippen LogP) is 4.16. The number of anilines is 1. The Bertz CT molecular complexity index is 585. The molecular formula is C12H11BrF3N3. The lowest BCUT2D eigenvalue weighted by Crippen LogP contribution is -2.18. The van der Waals surface area contributed by atoms with Crippen LogP contribution >= 0.6 is 15.9 Å². The van der Waals surface area contributed by atoms with Crippen LogP contribution in [0.15, 0.2) is 28.9 Å². The molecule has 19 heavy (non-hydrogen) atoms. The molecule has 0 fully saturated rings. The molecule has 2 aromatic rings. The number of halogens is 4. The van der Waals surface area contributed by atoms with Crippen LogP contribution in [0.1, 0.15) is 17.0 Å². The first-order valence-corrected chi connectivity index (χ1v) is 6.23. The number of aryl methyl sites for hydroxylation is 2. The van der Waals surface area contributed by atoms with Crippen LogP contribution < -0.4 is 5.43 Å². The number of hydrogen-bond acceptors (Lipinski definition) is 2. The molecule has 0 aromatic carbocycles. The van der Waals surface area contributed by atoms with Gasteiger partial charge in [-0.05, 0) is 48.0 Å². The summed E-state index contributed by atoms with van der Waals surface area (Å²) >= 11 is 3.00. The summed E-state index contributed by atoms with van der Waals surface area (Å²) in [6.07, 6.45) is -3.14. The molecule has 0 spiro atoms. The van der Waals surface area contributed by atoms with E-state index in [1.54, 1.807) is 18.5 Å². The van der Waals surface area contributed by atoms with Crippen molar-refractivity contribution in [1.82, 2.24) is 9.66 Å². The van der Waals surface area contributed by atoms with Crippen LogP contribution in [0.5, 0.6) is 0 Å². The zero-order valence-electron chi connectivity index (χ0n) is 10.2. The third kappa shape index (κ3) is 2.91. The smallest absolute Gasteiger partial charge is 0.277 e. The van der Waals surface area contributed by atoms with Crippen molar-refractivity contribution in [2.24, 2.45) is 0 Å². The molecule has 2 rings (SSSR count). The lowest BCUT2D eigenvalue weighted by Gasteiger charge is -2.16. The maximum Gasteiger partial charge on any atom is 0.420 e. The molecular weight excluding hydrogens is 323 g/mol. The molecule has 3 nitrogen and oxygen atoms in total. The van der Waals surface area contributed by atoms with Crippen molar-refractivity contribution in [3.05, 3.63) is 45.8 Å². The van der Waals surface area contributed by atoms with E-state index in [9.17, 15) is 13.2 Å². The standard InChI is InChI=1S/C12H11BrF3N3/c1-7-3-4-8(2)19(7)18-11-10(12(14,15)16)5-9(13)6-17-11/h3-6H,1-2H3,(H,17,18). The summed E-state index contributed by atoms with van der Waals surface area (Å²) in [4.78, 5) is 3.80. The second kappa shape index (κ2) is 4.88. The van der Waals surface area contributed by atoms with E-state index in [-0.39, 0.29) is 10.3 Å². The zero-order valence-corrected chi connectivity index (χ0v) is 11.8. The molecule has 0 aliphatic heterocycles. The van der Waals surface area contributed by atoms with Crippen LogP contribution in [0.4, 0.5) is 19.0 Å². The van der Waals surface area contributed by atoms with Gasteiger partial charge in [0.05, 0.1) is 0 Å². The van der Waals surface area contributed by atoms with Gasteiger partial charge in [0.25, 0.3) is 0 Å². The van der Waals surface area contributed by atoms with Gasteiger partial charge < -0.3 is 0 Å². The fraction of sp³-hybridized carbons (Fsp3) is 0.250. The summed E-state index contributed by atoms with van der Waals surface area (Å²) in [7, 11) is 0. The van der Waals surface area contributed by atoms with E-state index in [4.69, 9.17) is 0 Å². The fourth-order valence-corrected chi connectivity index (χ4v) is 2.03. The van der Waals surface area contributed by atoms with Crippen LogP contribution in [-0.4, -0.2) is 9.66 Å². The SMILES string of the molecule is Cc1ccc(C)n1Nc1ncc(Br)cc1C(F)(F)F. The maximum absolute atomic E-state index is 12.9. The number of rotatable bonds is 2. The highest BCUT2D eigenvalue weighted by Gasteiger charge is 2.35. The molecule has 0 bridgehead atoms. The summed E-state index contributed by atoms with van der Waals surface area (Å²) < 4.78 is 40.7. The molecule has 7 heteroatoms.